The van der Waals surface area contributed by atoms with Crippen molar-refractivity contribution in [2.45, 2.75) is 51.2 Å². The third-order valence-corrected chi connectivity index (χ3v) is 5.70. The van der Waals surface area contributed by atoms with E-state index in [-0.39, 0.29) is 29.9 Å². The van der Waals surface area contributed by atoms with Crippen LogP contribution >= 0.6 is 0 Å². The van der Waals surface area contributed by atoms with Crippen molar-refractivity contribution in [2.24, 2.45) is 10.9 Å². The second kappa shape index (κ2) is 10.6. The lowest BCUT2D eigenvalue weighted by atomic mass is 9.89. The van der Waals surface area contributed by atoms with E-state index < -0.39 is 0 Å². The lowest BCUT2D eigenvalue weighted by Gasteiger charge is -2.38. The van der Waals surface area contributed by atoms with Gasteiger partial charge < -0.3 is 20.3 Å². The van der Waals surface area contributed by atoms with Crippen molar-refractivity contribution in [3.05, 3.63) is 35.6 Å². The Kier molecular flexibility index (Phi) is 7.86. The van der Waals surface area contributed by atoms with E-state index in [2.05, 4.69) is 20.5 Å². The fourth-order valence-corrected chi connectivity index (χ4v) is 4.19. The number of nitrogens with one attached hydrogen (secondary N) is 2. The number of benzene rings is 1. The number of carbonyl (C=O) groups excluding carboxylic acids is 1. The lowest BCUT2D eigenvalue weighted by molar-refractivity contribution is -0.125. The molecule has 0 aromatic heterocycles. The highest BCUT2D eigenvalue weighted by Crippen LogP contribution is 2.25. The maximum absolute atomic E-state index is 13.2. The largest absolute Gasteiger partial charge is 0.367 e. The number of morpholine rings is 1. The van der Waals surface area contributed by atoms with Gasteiger partial charge in [-0.25, -0.2) is 4.39 Å². The predicted molar refractivity (Wildman–Crippen MR) is 112 cm³/mol. The summed E-state index contributed by atoms with van der Waals surface area (Å²) in [6.07, 6.45) is 5.49. The summed E-state index contributed by atoms with van der Waals surface area (Å²) >= 11 is 0. The van der Waals surface area contributed by atoms with E-state index in [0.717, 1.165) is 43.8 Å². The Morgan fingerprint density at radius 3 is 2.52 bits per heavy atom. The Hall–Kier alpha value is -2.15. The molecule has 1 saturated heterocycles. The molecule has 1 aromatic carbocycles. The minimum absolute atomic E-state index is 0.0309. The summed E-state index contributed by atoms with van der Waals surface area (Å²) in [5, 5.41) is 6.39. The highest BCUT2D eigenvalue weighted by atomic mass is 19.1. The van der Waals surface area contributed by atoms with Crippen LogP contribution in [0.15, 0.2) is 29.3 Å². The van der Waals surface area contributed by atoms with Gasteiger partial charge in [0, 0.05) is 32.6 Å². The normalized spacial score (nSPS) is 23.7. The Morgan fingerprint density at radius 1 is 1.14 bits per heavy atom. The molecule has 2 atom stereocenters. The van der Waals surface area contributed by atoms with Gasteiger partial charge in [0.1, 0.15) is 11.9 Å². The van der Waals surface area contributed by atoms with Crippen LogP contribution in [-0.4, -0.2) is 56.1 Å². The van der Waals surface area contributed by atoms with Crippen molar-refractivity contribution < 1.29 is 13.9 Å². The van der Waals surface area contributed by atoms with Crippen LogP contribution in [0.3, 0.4) is 0 Å². The number of rotatable bonds is 5. The Morgan fingerprint density at radius 2 is 1.83 bits per heavy atom. The first-order valence-electron chi connectivity index (χ1n) is 10.7. The number of nitrogens with zero attached hydrogens (tertiary/aromatic N) is 2. The molecule has 7 heteroatoms. The van der Waals surface area contributed by atoms with Crippen molar-refractivity contribution in [1.29, 1.82) is 0 Å². The lowest BCUT2D eigenvalue weighted by Crippen LogP contribution is -2.51. The first-order valence-corrected chi connectivity index (χ1v) is 10.7. The van der Waals surface area contributed by atoms with Crippen molar-refractivity contribution in [3.8, 4) is 0 Å². The molecule has 1 aliphatic carbocycles. The molecular formula is C22H33FN4O2. The van der Waals surface area contributed by atoms with Gasteiger partial charge in [-0.15, -0.1) is 0 Å². The molecule has 1 saturated carbocycles. The summed E-state index contributed by atoms with van der Waals surface area (Å²) in [5.74, 6) is 0.902. The van der Waals surface area contributed by atoms with Crippen LogP contribution in [0, 0.1) is 11.7 Å². The zero-order valence-electron chi connectivity index (χ0n) is 17.5. The maximum atomic E-state index is 13.2. The van der Waals surface area contributed by atoms with E-state index >= 15 is 0 Å². The molecule has 0 radical (unpaired) electrons. The Balaban J connectivity index is 1.48. The van der Waals surface area contributed by atoms with Crippen molar-refractivity contribution in [1.82, 2.24) is 15.5 Å². The topological polar surface area (TPSA) is 66.0 Å². The zero-order chi connectivity index (χ0) is 20.6. The SMILES string of the molecule is CN=C(NCCNC(=O)C1CCCCC1)N1CC(C)OC(c2ccc(F)cc2)C1. The summed E-state index contributed by atoms with van der Waals surface area (Å²) in [6.45, 7) is 4.60. The number of halogens is 1. The van der Waals surface area contributed by atoms with E-state index in [1.165, 1.54) is 18.6 Å². The second-order valence-electron chi connectivity index (χ2n) is 7.99. The molecule has 0 spiro atoms. The van der Waals surface area contributed by atoms with Gasteiger partial charge in [-0.2, -0.15) is 0 Å². The molecule has 1 aliphatic heterocycles. The van der Waals surface area contributed by atoms with Crippen molar-refractivity contribution in [3.63, 3.8) is 0 Å². The van der Waals surface area contributed by atoms with Gasteiger partial charge >= 0.3 is 0 Å². The maximum Gasteiger partial charge on any atom is 0.223 e. The summed E-state index contributed by atoms with van der Waals surface area (Å²) in [6, 6.07) is 6.47. The van der Waals surface area contributed by atoms with Crippen molar-refractivity contribution >= 4 is 11.9 Å². The second-order valence-corrected chi connectivity index (χ2v) is 7.99. The van der Waals surface area contributed by atoms with Crippen molar-refractivity contribution in [2.75, 3.05) is 33.2 Å². The first kappa shape index (κ1) is 21.6. The molecule has 29 heavy (non-hydrogen) atoms. The van der Waals surface area contributed by atoms with Crippen LogP contribution in [-0.2, 0) is 9.53 Å². The smallest absolute Gasteiger partial charge is 0.223 e. The number of carbonyl (C=O) groups is 1. The summed E-state index contributed by atoms with van der Waals surface area (Å²) in [5.41, 5.74) is 0.957. The molecule has 1 aromatic rings. The summed E-state index contributed by atoms with van der Waals surface area (Å²) in [7, 11) is 1.76. The quantitative estimate of drug-likeness (QED) is 0.450. The van der Waals surface area contributed by atoms with E-state index in [9.17, 15) is 9.18 Å². The number of guanidine groups is 1. The van der Waals surface area contributed by atoms with E-state index in [1.54, 1.807) is 19.2 Å². The first-order chi connectivity index (χ1) is 14.1. The van der Waals surface area contributed by atoms with E-state index in [4.69, 9.17) is 4.74 Å². The van der Waals surface area contributed by atoms with Gasteiger partial charge in [-0.3, -0.25) is 9.79 Å². The van der Waals surface area contributed by atoms with Gasteiger partial charge in [0.2, 0.25) is 5.91 Å². The van der Waals surface area contributed by atoms with Crippen LogP contribution in [0.25, 0.3) is 0 Å². The number of hydrogen-bond donors (Lipinski definition) is 2. The monoisotopic (exact) mass is 404 g/mol. The zero-order valence-corrected chi connectivity index (χ0v) is 17.5. The Labute approximate surface area is 172 Å². The predicted octanol–water partition coefficient (Wildman–Crippen LogP) is 2.86. The molecule has 6 nitrogen and oxygen atoms in total. The number of amides is 1. The molecule has 2 aliphatic rings. The van der Waals surface area contributed by atoms with Gasteiger partial charge in [0.25, 0.3) is 0 Å². The molecule has 1 amide bonds. The average Bonchev–Trinajstić information content (AvgIpc) is 2.74. The molecule has 2 N–H and O–H groups in total. The molecule has 160 valence electrons. The Bertz CT molecular complexity index is 689. The third kappa shape index (κ3) is 6.16. The van der Waals surface area contributed by atoms with Crippen LogP contribution in [0.5, 0.6) is 0 Å². The fourth-order valence-electron chi connectivity index (χ4n) is 4.19. The highest BCUT2D eigenvalue weighted by Gasteiger charge is 2.28. The standard InChI is InChI=1S/C22H33FN4O2/c1-16-14-27(15-20(29-16)17-8-10-19(23)11-9-17)22(24-2)26-13-12-25-21(28)18-6-4-3-5-7-18/h8-11,16,18,20H,3-7,12-15H2,1-2H3,(H,24,26)(H,25,28). The number of hydrogen-bond acceptors (Lipinski definition) is 3. The molecule has 0 bridgehead atoms. The molecule has 1 heterocycles. The minimum atomic E-state index is -0.248. The van der Waals surface area contributed by atoms with Crippen LogP contribution in [0.4, 0.5) is 4.39 Å². The van der Waals surface area contributed by atoms with Crippen LogP contribution in [0.1, 0.15) is 50.7 Å². The van der Waals surface area contributed by atoms with Gasteiger partial charge in [-0.1, -0.05) is 31.4 Å². The van der Waals surface area contributed by atoms with Gasteiger partial charge in [0.15, 0.2) is 5.96 Å². The number of aliphatic imine (C=N–C) groups is 1. The molecule has 2 fully saturated rings. The molecule has 2 unspecified atom stereocenters. The third-order valence-electron chi connectivity index (χ3n) is 5.70. The van der Waals surface area contributed by atoms with Crippen LogP contribution < -0.4 is 10.6 Å². The van der Waals surface area contributed by atoms with E-state index in [0.29, 0.717) is 19.6 Å². The molecular weight excluding hydrogens is 371 g/mol. The van der Waals surface area contributed by atoms with E-state index in [1.807, 2.05) is 6.92 Å². The summed E-state index contributed by atoms with van der Waals surface area (Å²) < 4.78 is 19.3. The average molecular weight is 405 g/mol. The molecule has 3 rings (SSSR count). The van der Waals surface area contributed by atoms with Crippen LogP contribution in [0.2, 0.25) is 0 Å². The highest BCUT2D eigenvalue weighted by molar-refractivity contribution is 5.80. The minimum Gasteiger partial charge on any atom is -0.367 e. The fraction of sp³-hybridized carbons (Fsp3) is 0.636. The van der Waals surface area contributed by atoms with Gasteiger partial charge in [-0.05, 0) is 37.5 Å². The summed E-state index contributed by atoms with van der Waals surface area (Å²) in [4.78, 5) is 18.8. The van der Waals surface area contributed by atoms with Gasteiger partial charge in [0.05, 0.1) is 12.6 Å². The number of ether oxygens (including phenoxy) is 1.